The lowest BCUT2D eigenvalue weighted by Gasteiger charge is -2.39. The smallest absolute Gasteiger partial charge is 0.264 e. The van der Waals surface area contributed by atoms with Crippen molar-refractivity contribution >= 4 is 15.7 Å². The van der Waals surface area contributed by atoms with E-state index in [-0.39, 0.29) is 17.9 Å². The highest BCUT2D eigenvalue weighted by Crippen LogP contribution is 2.46. The van der Waals surface area contributed by atoms with Crippen LogP contribution in [0.2, 0.25) is 0 Å². The molecule has 0 aromatic heterocycles. The summed E-state index contributed by atoms with van der Waals surface area (Å²) in [5.74, 6) is 0.434. The first-order chi connectivity index (χ1) is 11.8. The molecule has 0 aliphatic carbocycles. The Kier molecular flexibility index (Phi) is 4.34. The van der Waals surface area contributed by atoms with Crippen LogP contribution in [0.1, 0.15) is 17.5 Å². The van der Waals surface area contributed by atoms with Crippen molar-refractivity contribution in [3.05, 3.63) is 66.2 Å². The standard InChI is InChI=1S/C19H21NO4S/c1-4-19(21)12-13-20(16-6-5-7-17(24-3)18(16)19)25(22,23)15-10-8-14(2)9-11-15/h4-11,21H,1,12-13H2,2-3H3. The van der Waals surface area contributed by atoms with Crippen molar-refractivity contribution in [3.8, 4) is 5.75 Å². The molecule has 0 bridgehead atoms. The molecule has 0 amide bonds. The molecule has 2 aromatic rings. The third-order valence-corrected chi connectivity index (χ3v) is 6.40. The van der Waals surface area contributed by atoms with Gasteiger partial charge in [-0.05, 0) is 31.2 Å². The zero-order valence-electron chi connectivity index (χ0n) is 14.3. The number of sulfonamides is 1. The number of rotatable bonds is 4. The molecule has 1 aliphatic heterocycles. The normalized spacial score (nSPS) is 20.0. The van der Waals surface area contributed by atoms with Crippen LogP contribution in [-0.2, 0) is 15.6 Å². The predicted octanol–water partition coefficient (Wildman–Crippen LogP) is 2.98. The van der Waals surface area contributed by atoms with E-state index in [1.807, 2.05) is 6.92 Å². The number of anilines is 1. The van der Waals surface area contributed by atoms with Crippen molar-refractivity contribution in [3.63, 3.8) is 0 Å². The van der Waals surface area contributed by atoms with Gasteiger partial charge in [-0.25, -0.2) is 8.42 Å². The molecule has 3 rings (SSSR count). The van der Waals surface area contributed by atoms with Crippen molar-refractivity contribution in [1.82, 2.24) is 0 Å². The largest absolute Gasteiger partial charge is 0.496 e. The van der Waals surface area contributed by atoms with Gasteiger partial charge in [-0.15, -0.1) is 0 Å². The SMILES string of the molecule is C=CC1(O)CCN(S(=O)(=O)c2ccc(C)cc2)c2cccc(OC)c21. The summed E-state index contributed by atoms with van der Waals surface area (Å²) in [5.41, 5.74) is 0.491. The van der Waals surface area contributed by atoms with Crippen LogP contribution in [0.4, 0.5) is 5.69 Å². The van der Waals surface area contributed by atoms with Crippen LogP contribution >= 0.6 is 0 Å². The van der Waals surface area contributed by atoms with Crippen LogP contribution in [0.15, 0.2) is 60.0 Å². The van der Waals surface area contributed by atoms with Gasteiger partial charge < -0.3 is 9.84 Å². The van der Waals surface area contributed by atoms with Gasteiger partial charge in [0.1, 0.15) is 11.4 Å². The molecule has 132 valence electrons. The molecule has 1 aliphatic rings. The summed E-state index contributed by atoms with van der Waals surface area (Å²) in [6.45, 7) is 5.77. The molecule has 0 saturated heterocycles. The molecule has 5 nitrogen and oxygen atoms in total. The first-order valence-corrected chi connectivity index (χ1v) is 9.40. The number of fused-ring (bicyclic) bond motifs is 1. The molecule has 0 radical (unpaired) electrons. The molecule has 1 atom stereocenters. The van der Waals surface area contributed by atoms with Crippen LogP contribution in [0.5, 0.6) is 5.75 Å². The van der Waals surface area contributed by atoms with E-state index in [0.29, 0.717) is 17.0 Å². The Morgan fingerprint density at radius 1 is 1.24 bits per heavy atom. The Morgan fingerprint density at radius 2 is 1.92 bits per heavy atom. The average molecular weight is 359 g/mol. The topological polar surface area (TPSA) is 66.8 Å². The molecule has 6 heteroatoms. The quantitative estimate of drug-likeness (QED) is 0.853. The summed E-state index contributed by atoms with van der Waals surface area (Å²) in [4.78, 5) is 0.218. The molecule has 1 N–H and O–H groups in total. The maximum atomic E-state index is 13.1. The van der Waals surface area contributed by atoms with Crippen LogP contribution in [-0.4, -0.2) is 27.2 Å². The number of hydrogen-bond donors (Lipinski definition) is 1. The Labute approximate surface area is 148 Å². The van der Waals surface area contributed by atoms with Crippen molar-refractivity contribution in [1.29, 1.82) is 0 Å². The number of methoxy groups -OCH3 is 1. The molecule has 1 heterocycles. The van der Waals surface area contributed by atoms with E-state index in [1.54, 1.807) is 42.5 Å². The lowest BCUT2D eigenvalue weighted by Crippen LogP contribution is -2.42. The summed E-state index contributed by atoms with van der Waals surface area (Å²) in [7, 11) is -2.25. The summed E-state index contributed by atoms with van der Waals surface area (Å²) >= 11 is 0. The molecule has 0 fully saturated rings. The van der Waals surface area contributed by atoms with Gasteiger partial charge in [0.05, 0.1) is 23.3 Å². The zero-order chi connectivity index (χ0) is 18.2. The van der Waals surface area contributed by atoms with Crippen molar-refractivity contribution in [2.75, 3.05) is 18.0 Å². The van der Waals surface area contributed by atoms with Crippen LogP contribution in [0.3, 0.4) is 0 Å². The highest BCUT2D eigenvalue weighted by molar-refractivity contribution is 7.92. The number of aryl methyl sites for hydroxylation is 1. The van der Waals surface area contributed by atoms with E-state index in [1.165, 1.54) is 17.5 Å². The van der Waals surface area contributed by atoms with Gasteiger partial charge in [-0.3, -0.25) is 4.31 Å². The van der Waals surface area contributed by atoms with E-state index in [4.69, 9.17) is 4.74 Å². The van der Waals surface area contributed by atoms with Crippen molar-refractivity contribution in [2.24, 2.45) is 0 Å². The Bertz CT molecular complexity index is 906. The number of hydrogen-bond acceptors (Lipinski definition) is 4. The lowest BCUT2D eigenvalue weighted by molar-refractivity contribution is 0.0764. The zero-order valence-corrected chi connectivity index (χ0v) is 15.1. The first-order valence-electron chi connectivity index (χ1n) is 7.96. The van der Waals surface area contributed by atoms with Crippen LogP contribution in [0.25, 0.3) is 0 Å². The fourth-order valence-electron chi connectivity index (χ4n) is 3.14. The van der Waals surface area contributed by atoms with Gasteiger partial charge in [0.25, 0.3) is 10.0 Å². The van der Waals surface area contributed by atoms with Gasteiger partial charge in [0, 0.05) is 13.0 Å². The fourth-order valence-corrected chi connectivity index (χ4v) is 4.62. The van der Waals surface area contributed by atoms with E-state index >= 15 is 0 Å². The summed E-state index contributed by atoms with van der Waals surface area (Å²) in [6.07, 6.45) is 1.64. The maximum absolute atomic E-state index is 13.1. The molecule has 2 aromatic carbocycles. The number of aliphatic hydroxyl groups is 1. The predicted molar refractivity (Wildman–Crippen MR) is 97.4 cm³/mol. The average Bonchev–Trinajstić information content (AvgIpc) is 2.61. The second-order valence-corrected chi connectivity index (χ2v) is 7.99. The molecular formula is C19H21NO4S. The Hall–Kier alpha value is -2.31. The molecule has 25 heavy (non-hydrogen) atoms. The highest BCUT2D eigenvalue weighted by atomic mass is 32.2. The number of ether oxygens (including phenoxy) is 1. The Balaban J connectivity index is 2.19. The van der Waals surface area contributed by atoms with Gasteiger partial charge >= 0.3 is 0 Å². The number of benzene rings is 2. The van der Waals surface area contributed by atoms with Crippen molar-refractivity contribution < 1.29 is 18.3 Å². The van der Waals surface area contributed by atoms with E-state index in [2.05, 4.69) is 6.58 Å². The Morgan fingerprint density at radius 3 is 2.52 bits per heavy atom. The minimum absolute atomic E-state index is 0.152. The molecule has 0 saturated carbocycles. The minimum Gasteiger partial charge on any atom is -0.496 e. The third-order valence-electron chi connectivity index (χ3n) is 4.57. The molecule has 0 spiro atoms. The minimum atomic E-state index is -3.74. The molecule has 1 unspecified atom stereocenters. The van der Waals surface area contributed by atoms with E-state index < -0.39 is 15.6 Å². The molecular weight excluding hydrogens is 338 g/mol. The maximum Gasteiger partial charge on any atom is 0.264 e. The second-order valence-electron chi connectivity index (χ2n) is 6.12. The van der Waals surface area contributed by atoms with Gasteiger partial charge in [0.2, 0.25) is 0 Å². The van der Waals surface area contributed by atoms with Gasteiger partial charge in [0.15, 0.2) is 0 Å². The third kappa shape index (κ3) is 2.81. The number of nitrogens with zero attached hydrogens (tertiary/aromatic N) is 1. The summed E-state index contributed by atoms with van der Waals surface area (Å²) < 4.78 is 33.0. The van der Waals surface area contributed by atoms with Crippen molar-refractivity contribution in [2.45, 2.75) is 23.8 Å². The van der Waals surface area contributed by atoms with Crippen LogP contribution < -0.4 is 9.04 Å². The summed E-state index contributed by atoms with van der Waals surface area (Å²) in [5, 5.41) is 10.9. The van der Waals surface area contributed by atoms with Gasteiger partial charge in [-0.1, -0.05) is 36.4 Å². The summed E-state index contributed by atoms with van der Waals surface area (Å²) in [6, 6.07) is 11.8. The van der Waals surface area contributed by atoms with E-state index in [9.17, 15) is 13.5 Å². The monoisotopic (exact) mass is 359 g/mol. The van der Waals surface area contributed by atoms with Gasteiger partial charge in [-0.2, -0.15) is 0 Å². The fraction of sp³-hybridized carbons (Fsp3) is 0.263. The lowest BCUT2D eigenvalue weighted by atomic mass is 9.85. The van der Waals surface area contributed by atoms with Crippen LogP contribution in [0, 0.1) is 6.92 Å². The first kappa shape index (κ1) is 17.5. The second kappa shape index (κ2) is 6.20. The highest BCUT2D eigenvalue weighted by Gasteiger charge is 2.41. The van der Waals surface area contributed by atoms with E-state index in [0.717, 1.165) is 5.56 Å².